The van der Waals surface area contributed by atoms with Crippen molar-refractivity contribution in [3.63, 3.8) is 0 Å². The molecule has 3 aromatic rings. The Morgan fingerprint density at radius 1 is 1.20 bits per heavy atom. The highest BCUT2D eigenvalue weighted by Crippen LogP contribution is 2.39. The quantitative estimate of drug-likeness (QED) is 0.450. The summed E-state index contributed by atoms with van der Waals surface area (Å²) in [5.41, 5.74) is 1.57. The summed E-state index contributed by atoms with van der Waals surface area (Å²) in [5, 5.41) is 26.8. The molecule has 2 aromatic carbocycles. The lowest BCUT2D eigenvalue weighted by Gasteiger charge is -2.25. The van der Waals surface area contributed by atoms with Gasteiger partial charge < -0.3 is 15.5 Å². The number of fused-ring (bicyclic) bond motifs is 1. The Kier molecular flexibility index (Phi) is 6.86. The zero-order valence-corrected chi connectivity index (χ0v) is 19.0. The van der Waals surface area contributed by atoms with Crippen molar-refractivity contribution in [2.75, 3.05) is 13.1 Å². The number of benzene rings is 2. The average molecular weight is 508 g/mol. The molecule has 0 radical (unpaired) electrons. The summed E-state index contributed by atoms with van der Waals surface area (Å²) >= 11 is 6.57. The second-order valence-corrected chi connectivity index (χ2v) is 8.68. The van der Waals surface area contributed by atoms with E-state index in [9.17, 15) is 33.0 Å². The molecule has 1 aliphatic heterocycles. The molecule has 2 atom stereocenters. The van der Waals surface area contributed by atoms with E-state index in [0.29, 0.717) is 35.5 Å². The molecule has 11 heteroatoms. The number of halogens is 4. The van der Waals surface area contributed by atoms with Crippen LogP contribution >= 0.6 is 11.6 Å². The number of nitrogens with one attached hydrogen (secondary N) is 1. The summed E-state index contributed by atoms with van der Waals surface area (Å²) in [7, 11) is 0. The van der Waals surface area contributed by atoms with Gasteiger partial charge in [0.25, 0.3) is 0 Å². The first-order valence-corrected chi connectivity index (χ1v) is 11.1. The van der Waals surface area contributed by atoms with E-state index in [4.69, 9.17) is 11.6 Å². The molecule has 0 fully saturated rings. The van der Waals surface area contributed by atoms with E-state index < -0.39 is 41.9 Å². The molecule has 0 aliphatic carbocycles. The van der Waals surface area contributed by atoms with Crippen molar-refractivity contribution >= 4 is 23.5 Å². The minimum absolute atomic E-state index is 0.248. The average Bonchev–Trinajstić information content (AvgIpc) is 3.17. The van der Waals surface area contributed by atoms with E-state index >= 15 is 0 Å². The fraction of sp³-hybridized carbons (Fsp3) is 0.292. The predicted octanol–water partition coefficient (Wildman–Crippen LogP) is 4.62. The molecular formula is C24H21ClF3N3O4. The fourth-order valence-electron chi connectivity index (χ4n) is 4.55. The molecule has 2 unspecified atom stereocenters. The molecule has 0 spiro atoms. The van der Waals surface area contributed by atoms with Gasteiger partial charge >= 0.3 is 18.1 Å². The number of aromatic nitrogens is 2. The van der Waals surface area contributed by atoms with E-state index in [1.54, 1.807) is 18.2 Å². The standard InChI is InChI=1S/C24H21ClF3N3O4/c25-19-5-4-15-16(6-8-29-12-18(15)17(23(34)35)11-21(32)33)22(19)31-20(7-9-30-31)13-2-1-3-14(10-13)24(26,27)28/h1-5,7,9-10,17-18,29H,6,8,11-12H2,(H,32,33)(H,34,35). The summed E-state index contributed by atoms with van der Waals surface area (Å²) in [4.78, 5) is 23.3. The highest BCUT2D eigenvalue weighted by molar-refractivity contribution is 6.32. The predicted molar refractivity (Wildman–Crippen MR) is 122 cm³/mol. The van der Waals surface area contributed by atoms with Crippen LogP contribution < -0.4 is 5.32 Å². The largest absolute Gasteiger partial charge is 0.481 e. The van der Waals surface area contributed by atoms with Crippen LogP contribution in [0, 0.1) is 5.92 Å². The zero-order valence-electron chi connectivity index (χ0n) is 18.2. The van der Waals surface area contributed by atoms with Crippen LogP contribution in [0.5, 0.6) is 0 Å². The Labute approximate surface area is 203 Å². The molecular weight excluding hydrogens is 487 g/mol. The highest BCUT2D eigenvalue weighted by atomic mass is 35.5. The van der Waals surface area contributed by atoms with Gasteiger partial charge in [0.2, 0.25) is 0 Å². The molecule has 2 heterocycles. The lowest BCUT2D eigenvalue weighted by molar-refractivity contribution is -0.149. The summed E-state index contributed by atoms with van der Waals surface area (Å²) < 4.78 is 41.4. The monoisotopic (exact) mass is 507 g/mol. The van der Waals surface area contributed by atoms with Crippen LogP contribution in [0.15, 0.2) is 48.7 Å². The van der Waals surface area contributed by atoms with Gasteiger partial charge in [0, 0.05) is 18.0 Å². The fourth-order valence-corrected chi connectivity index (χ4v) is 4.80. The van der Waals surface area contributed by atoms with Gasteiger partial charge in [-0.25, -0.2) is 4.68 Å². The number of carbonyl (C=O) groups is 2. The van der Waals surface area contributed by atoms with Crippen molar-refractivity contribution < 1.29 is 33.0 Å². The molecule has 184 valence electrons. The van der Waals surface area contributed by atoms with Crippen molar-refractivity contribution in [2.24, 2.45) is 5.92 Å². The Bertz CT molecular complexity index is 1280. The lowest BCUT2D eigenvalue weighted by Crippen LogP contribution is -2.31. The Morgan fingerprint density at radius 3 is 2.66 bits per heavy atom. The van der Waals surface area contributed by atoms with Crippen molar-refractivity contribution in [1.29, 1.82) is 0 Å². The smallest absolute Gasteiger partial charge is 0.416 e. The second kappa shape index (κ2) is 9.71. The maximum atomic E-state index is 13.3. The number of nitrogens with zero attached hydrogens (tertiary/aromatic N) is 2. The summed E-state index contributed by atoms with van der Waals surface area (Å²) in [5.74, 6) is -4.31. The number of hydrogen-bond donors (Lipinski definition) is 3. The van der Waals surface area contributed by atoms with Gasteiger partial charge in [-0.3, -0.25) is 9.59 Å². The molecule has 0 amide bonds. The highest BCUT2D eigenvalue weighted by Gasteiger charge is 2.35. The van der Waals surface area contributed by atoms with Crippen LogP contribution in [0.4, 0.5) is 13.2 Å². The summed E-state index contributed by atoms with van der Waals surface area (Å²) in [6.45, 7) is 0.717. The van der Waals surface area contributed by atoms with Gasteiger partial charge in [-0.2, -0.15) is 18.3 Å². The van der Waals surface area contributed by atoms with Crippen LogP contribution in [0.1, 0.15) is 29.0 Å². The van der Waals surface area contributed by atoms with E-state index in [2.05, 4.69) is 10.4 Å². The van der Waals surface area contributed by atoms with Crippen molar-refractivity contribution in [2.45, 2.75) is 24.9 Å². The van der Waals surface area contributed by atoms with E-state index in [-0.39, 0.29) is 17.1 Å². The number of carboxylic acid groups (broad SMARTS) is 2. The van der Waals surface area contributed by atoms with Crippen LogP contribution in [0.2, 0.25) is 5.02 Å². The van der Waals surface area contributed by atoms with E-state index in [0.717, 1.165) is 12.1 Å². The molecule has 35 heavy (non-hydrogen) atoms. The third-order valence-corrected chi connectivity index (χ3v) is 6.43. The molecule has 3 N–H and O–H groups in total. The van der Waals surface area contributed by atoms with Gasteiger partial charge in [-0.1, -0.05) is 29.8 Å². The van der Waals surface area contributed by atoms with Crippen molar-refractivity contribution in [3.8, 4) is 16.9 Å². The first-order valence-electron chi connectivity index (χ1n) is 10.8. The minimum Gasteiger partial charge on any atom is -0.481 e. The van der Waals surface area contributed by atoms with Crippen LogP contribution in [0.3, 0.4) is 0 Å². The second-order valence-electron chi connectivity index (χ2n) is 8.27. The topological polar surface area (TPSA) is 104 Å². The molecule has 1 aromatic heterocycles. The number of hydrogen-bond acceptors (Lipinski definition) is 4. The Balaban J connectivity index is 1.87. The maximum Gasteiger partial charge on any atom is 0.416 e. The van der Waals surface area contributed by atoms with E-state index in [1.165, 1.54) is 23.0 Å². The molecule has 7 nitrogen and oxygen atoms in total. The molecule has 0 saturated carbocycles. The molecule has 4 rings (SSSR count). The normalized spacial score (nSPS) is 16.9. The third kappa shape index (κ3) is 5.03. The minimum atomic E-state index is -4.52. The van der Waals surface area contributed by atoms with Crippen molar-refractivity contribution in [3.05, 3.63) is 70.4 Å². The number of aliphatic carboxylic acids is 2. The molecule has 0 bridgehead atoms. The summed E-state index contributed by atoms with van der Waals surface area (Å²) in [6, 6.07) is 9.69. The van der Waals surface area contributed by atoms with E-state index in [1.807, 2.05) is 0 Å². The van der Waals surface area contributed by atoms with Gasteiger partial charge in [0.05, 0.1) is 40.5 Å². The third-order valence-electron chi connectivity index (χ3n) is 6.12. The van der Waals surface area contributed by atoms with Gasteiger partial charge in [0.1, 0.15) is 0 Å². The van der Waals surface area contributed by atoms with Crippen LogP contribution in [-0.4, -0.2) is 45.0 Å². The number of carboxylic acids is 2. The Hall–Kier alpha value is -3.37. The molecule has 0 saturated heterocycles. The maximum absolute atomic E-state index is 13.3. The first kappa shape index (κ1) is 24.7. The first-order chi connectivity index (χ1) is 16.6. The zero-order chi connectivity index (χ0) is 25.3. The van der Waals surface area contributed by atoms with Crippen molar-refractivity contribution in [1.82, 2.24) is 15.1 Å². The summed E-state index contributed by atoms with van der Waals surface area (Å²) in [6.07, 6.45) is -3.20. The van der Waals surface area contributed by atoms with Crippen LogP contribution in [0.25, 0.3) is 16.9 Å². The van der Waals surface area contributed by atoms with Gasteiger partial charge in [-0.15, -0.1) is 0 Å². The van der Waals surface area contributed by atoms with Gasteiger partial charge in [-0.05, 0) is 48.4 Å². The van der Waals surface area contributed by atoms with Gasteiger partial charge in [0.15, 0.2) is 0 Å². The van der Waals surface area contributed by atoms with Crippen LogP contribution in [-0.2, 0) is 22.2 Å². The lowest BCUT2D eigenvalue weighted by atomic mass is 9.81. The number of rotatable bonds is 6. The Morgan fingerprint density at radius 2 is 1.97 bits per heavy atom. The SMILES string of the molecule is O=C(O)CC(C(=O)O)C1CNCCc2c1ccc(Cl)c2-n1nccc1-c1cccc(C(F)(F)F)c1. The number of alkyl halides is 3. The molecule has 1 aliphatic rings.